The van der Waals surface area contributed by atoms with Crippen LogP contribution in [-0.4, -0.2) is 154 Å². The second kappa shape index (κ2) is 28.6. The van der Waals surface area contributed by atoms with E-state index in [1.807, 2.05) is 114 Å². The fraction of sp³-hybridized carbons (Fsp3) is 0.409. The number of benzene rings is 2. The lowest BCUT2D eigenvalue weighted by Gasteiger charge is -2.33. The van der Waals surface area contributed by atoms with E-state index in [2.05, 4.69) is 154 Å². The summed E-state index contributed by atoms with van der Waals surface area (Å²) in [5.41, 5.74) is 9.99. The van der Waals surface area contributed by atoms with E-state index in [4.69, 9.17) is 9.84 Å². The van der Waals surface area contributed by atoms with E-state index in [9.17, 15) is 14.4 Å². The number of aryl methyl sites for hydroxylation is 3. The lowest BCUT2D eigenvalue weighted by atomic mass is 9.98. The minimum absolute atomic E-state index is 0.0585. The van der Waals surface area contributed by atoms with Crippen LogP contribution in [0.2, 0.25) is 0 Å². The summed E-state index contributed by atoms with van der Waals surface area (Å²) in [4.78, 5) is 71.4. The van der Waals surface area contributed by atoms with Crippen molar-refractivity contribution in [2.24, 2.45) is 0 Å². The summed E-state index contributed by atoms with van der Waals surface area (Å²) in [7, 11) is 4.31. The largest absolute Gasteiger partial charge is 0.476 e. The number of hydrogen-bond donors (Lipinski definition) is 4. The van der Waals surface area contributed by atoms with Crippen LogP contribution in [-0.2, 0) is 28.8 Å². The molecule has 2 aliphatic rings. The van der Waals surface area contributed by atoms with Gasteiger partial charge in [0.2, 0.25) is 0 Å². The molecule has 22 nitrogen and oxygen atoms in total. The normalized spacial score (nSPS) is 14.0. The number of anilines is 6. The maximum absolute atomic E-state index is 12.7. The van der Waals surface area contributed by atoms with Gasteiger partial charge in [0.15, 0.2) is 11.5 Å². The van der Waals surface area contributed by atoms with Crippen molar-refractivity contribution in [2.75, 3.05) is 86.9 Å². The Kier molecular flexibility index (Phi) is 21.1. The molecule has 0 atom stereocenters. The van der Waals surface area contributed by atoms with Gasteiger partial charge in [0.25, 0.3) is 0 Å². The maximum Gasteiger partial charge on any atom is 0.407 e. The van der Waals surface area contributed by atoms with Crippen LogP contribution in [0, 0.1) is 13.8 Å². The van der Waals surface area contributed by atoms with Crippen LogP contribution in [0.1, 0.15) is 112 Å². The molecule has 2 aliphatic heterocycles. The Labute approximate surface area is 516 Å². The van der Waals surface area contributed by atoms with Crippen LogP contribution in [0.5, 0.6) is 0 Å². The van der Waals surface area contributed by atoms with Crippen molar-refractivity contribution in [1.82, 2.24) is 64.6 Å². The first-order valence-electron chi connectivity index (χ1n) is 29.8. The molecule has 4 N–H and O–H groups in total. The molecule has 0 aliphatic carbocycles. The second-order valence-electron chi connectivity index (χ2n) is 25.2. The third-order valence-corrected chi connectivity index (χ3v) is 14.9. The highest BCUT2D eigenvalue weighted by Crippen LogP contribution is 2.28. The topological polar surface area (TPSA) is 243 Å². The molecule has 0 bridgehead atoms. The molecule has 6 aromatic heterocycles. The quantitative estimate of drug-likeness (QED) is 0.0697. The number of ketones is 1. The number of pyridine rings is 2. The molecule has 464 valence electrons. The van der Waals surface area contributed by atoms with E-state index in [-0.39, 0.29) is 22.6 Å². The molecular weight excluding hydrogens is 1110 g/mol. The highest BCUT2D eigenvalue weighted by atomic mass is 16.6. The van der Waals surface area contributed by atoms with E-state index in [0.29, 0.717) is 36.7 Å². The second-order valence-corrected chi connectivity index (χ2v) is 25.2. The average Bonchev–Trinajstić information content (AvgIpc) is 4.11. The molecule has 1 amide bonds. The number of ether oxygens (including phenoxy) is 1. The van der Waals surface area contributed by atoms with Gasteiger partial charge < -0.3 is 45.4 Å². The molecule has 10 rings (SSSR count). The van der Waals surface area contributed by atoms with Crippen molar-refractivity contribution in [1.29, 1.82) is 0 Å². The molecule has 2 saturated heterocycles. The molecule has 2 fully saturated rings. The van der Waals surface area contributed by atoms with Crippen molar-refractivity contribution in [3.8, 4) is 22.5 Å². The number of nitrogens with one attached hydrogen (secondary N) is 3. The van der Waals surface area contributed by atoms with Crippen LogP contribution in [0.25, 0.3) is 22.5 Å². The summed E-state index contributed by atoms with van der Waals surface area (Å²) in [6, 6.07) is 27.6. The smallest absolute Gasteiger partial charge is 0.407 e. The first kappa shape index (κ1) is 64.8. The van der Waals surface area contributed by atoms with Gasteiger partial charge in [-0.2, -0.15) is 10.2 Å². The van der Waals surface area contributed by atoms with Gasteiger partial charge in [0.1, 0.15) is 47.2 Å². The lowest BCUT2D eigenvalue weighted by molar-refractivity contribution is 0.0522. The average molecular weight is 1200 g/mol. The zero-order chi connectivity index (χ0) is 63.3. The van der Waals surface area contributed by atoms with Crippen LogP contribution in [0.3, 0.4) is 0 Å². The number of Topliss-reactive ketones (excluding diaryl/α,β-unsaturated/α-hetero) is 1. The van der Waals surface area contributed by atoms with Crippen molar-refractivity contribution in [3.05, 3.63) is 156 Å². The molecule has 8 aromatic rings. The molecule has 88 heavy (non-hydrogen) atoms. The van der Waals surface area contributed by atoms with Gasteiger partial charge in [-0.1, -0.05) is 24.3 Å². The van der Waals surface area contributed by atoms with Gasteiger partial charge in [-0.25, -0.2) is 39.5 Å². The van der Waals surface area contributed by atoms with Crippen LogP contribution in [0.15, 0.2) is 122 Å². The highest BCUT2D eigenvalue weighted by Gasteiger charge is 2.21. The van der Waals surface area contributed by atoms with Gasteiger partial charge in [-0.3, -0.25) is 14.2 Å². The third-order valence-electron chi connectivity index (χ3n) is 14.9. The minimum atomic E-state index is -0.988. The summed E-state index contributed by atoms with van der Waals surface area (Å²) < 4.78 is 8.79. The zero-order valence-electron chi connectivity index (χ0n) is 53.2. The number of aromatic nitrogens is 10. The maximum atomic E-state index is 12.7. The number of piperazine rings is 2. The van der Waals surface area contributed by atoms with Gasteiger partial charge in [0, 0.05) is 101 Å². The Morgan fingerprint density at radius 1 is 0.534 bits per heavy atom. The summed E-state index contributed by atoms with van der Waals surface area (Å²) >= 11 is 0. The summed E-state index contributed by atoms with van der Waals surface area (Å²) in [6.07, 6.45) is 11.1. The number of hydrogen-bond acceptors (Lipinski definition) is 18. The van der Waals surface area contributed by atoms with Crippen LogP contribution in [0.4, 0.5) is 39.4 Å². The van der Waals surface area contributed by atoms with Crippen molar-refractivity contribution < 1.29 is 24.2 Å². The number of carboxylic acid groups (broad SMARTS) is 1. The number of carboxylic acids is 1. The SMILES string of the molecule is CC(C)(C)n1ccc(C(=O)O)n1.Cc1cc(-c2cc(Nc3ccc(N4CCN(C)CC4)cn3)ncn2)ccc1CCC(=O)c1ccn(C(C)(C)C)n1.Cc1cc(-c2cc(Nc3ccc(N4CCN(C)CC4)cn3)ncn2)ccc1CNC(=O)OC(C)(C)C. The summed E-state index contributed by atoms with van der Waals surface area (Å²) in [5.74, 6) is 1.91. The standard InChI is InChI=1S/C31H38N8O.C27H35N7O2.C8H12N2O2/c1-22-18-24(7-6-23(22)8-10-28(40)26-12-13-39(36-26)31(2,3)4)27-19-30(34-21-33-27)35-29-11-9-25(20-32-29)38-16-14-37(5)15-17-38;1-19-14-20(6-7-21(19)16-29-26(35)36-27(2,3)4)23-15-25(31-18-30-23)32-24-9-8-22(17-28-24)34-12-10-33(5)11-13-34;1-8(2,3)10-5-4-6(9-10)7(11)12/h6-7,9,11-13,18-21H,8,10,14-17H2,1-5H3,(H,32,33,34,35);6-9,14-15,17-18H,10-13,16H2,1-5H3,(H,29,35)(H,28,30,31,32);4-5H,1-3H3,(H,11,12). The Morgan fingerprint density at radius 3 is 1.39 bits per heavy atom. The molecule has 0 saturated carbocycles. The Morgan fingerprint density at radius 2 is 0.989 bits per heavy atom. The van der Waals surface area contributed by atoms with Crippen LogP contribution >= 0.6 is 0 Å². The van der Waals surface area contributed by atoms with Crippen molar-refractivity contribution in [3.63, 3.8) is 0 Å². The minimum Gasteiger partial charge on any atom is -0.476 e. The van der Waals surface area contributed by atoms with Crippen molar-refractivity contribution in [2.45, 2.75) is 112 Å². The number of carbonyl (C=O) groups excluding carboxylic acids is 2. The molecule has 2 aromatic carbocycles. The van der Waals surface area contributed by atoms with E-state index in [1.54, 1.807) is 23.5 Å². The van der Waals surface area contributed by atoms with E-state index < -0.39 is 17.7 Å². The zero-order valence-corrected chi connectivity index (χ0v) is 53.2. The van der Waals surface area contributed by atoms with Gasteiger partial charge in [-0.05, 0) is 167 Å². The Bertz CT molecular complexity index is 3620. The van der Waals surface area contributed by atoms with E-state index >= 15 is 0 Å². The first-order chi connectivity index (χ1) is 41.7. The fourth-order valence-electron chi connectivity index (χ4n) is 9.56. The molecule has 0 radical (unpaired) electrons. The number of likely N-dealkylation sites (N-methyl/N-ethyl adjacent to an activating group) is 2. The Balaban J connectivity index is 0.000000193. The van der Waals surface area contributed by atoms with Gasteiger partial charge in [-0.15, -0.1) is 0 Å². The molecule has 8 heterocycles. The number of rotatable bonds is 15. The molecular formula is C66H85N17O5. The fourth-order valence-corrected chi connectivity index (χ4v) is 9.56. The molecule has 22 heteroatoms. The summed E-state index contributed by atoms with van der Waals surface area (Å²) in [5, 5.41) is 26.4. The summed E-state index contributed by atoms with van der Waals surface area (Å²) in [6.45, 7) is 30.4. The monoisotopic (exact) mass is 1200 g/mol. The van der Waals surface area contributed by atoms with Crippen molar-refractivity contribution >= 4 is 52.5 Å². The number of alkyl carbamates (subject to hydrolysis) is 1. The molecule has 0 spiro atoms. The van der Waals surface area contributed by atoms with Crippen LogP contribution < -0.4 is 25.8 Å². The number of nitrogens with zero attached hydrogens (tertiary/aromatic N) is 14. The van der Waals surface area contributed by atoms with E-state index in [0.717, 1.165) is 120 Å². The highest BCUT2D eigenvalue weighted by molar-refractivity contribution is 5.94. The van der Waals surface area contributed by atoms with Gasteiger partial charge >= 0.3 is 12.1 Å². The van der Waals surface area contributed by atoms with Gasteiger partial charge in [0.05, 0.1) is 46.2 Å². The van der Waals surface area contributed by atoms with E-state index in [1.165, 1.54) is 6.07 Å². The predicted molar refractivity (Wildman–Crippen MR) is 346 cm³/mol. The predicted octanol–water partition coefficient (Wildman–Crippen LogP) is 10.8. The molecule has 0 unspecified atom stereocenters. The lowest BCUT2D eigenvalue weighted by Crippen LogP contribution is -2.44. The number of aromatic carboxylic acids is 1. The number of amides is 1. The number of carbonyl (C=O) groups is 3. The Hall–Kier alpha value is -9.15. The third kappa shape index (κ3) is 18.7. The first-order valence-corrected chi connectivity index (χ1v) is 29.8.